The molecule has 0 unspecified atom stereocenters. The van der Waals surface area contributed by atoms with Crippen LogP contribution in [0.15, 0.2) is 18.2 Å². The molecule has 0 radical (unpaired) electrons. The van der Waals surface area contributed by atoms with Crippen LogP contribution < -0.4 is 10.2 Å². The number of hydrogen-bond acceptors (Lipinski definition) is 4. The van der Waals surface area contributed by atoms with Gasteiger partial charge in [-0.15, -0.1) is 0 Å². The predicted octanol–water partition coefficient (Wildman–Crippen LogP) is 2.46. The summed E-state index contributed by atoms with van der Waals surface area (Å²) >= 11 is 2.04. The molecule has 88 valence electrons. The molecular formula is C12H19N3S. The van der Waals surface area contributed by atoms with Crippen LogP contribution in [0.25, 0.3) is 0 Å². The number of nitrogens with one attached hydrogen (secondary N) is 1. The van der Waals surface area contributed by atoms with E-state index in [1.165, 1.54) is 17.9 Å². The fourth-order valence-electron chi connectivity index (χ4n) is 1.85. The number of aromatic nitrogens is 1. The summed E-state index contributed by atoms with van der Waals surface area (Å²) in [6.07, 6.45) is 1.26. The lowest BCUT2D eigenvalue weighted by atomic mass is 10.3. The average Bonchev–Trinajstić information content (AvgIpc) is 2.58. The average molecular weight is 237 g/mol. The highest BCUT2D eigenvalue weighted by atomic mass is 32.2. The lowest BCUT2D eigenvalue weighted by molar-refractivity contribution is 0.802. The summed E-state index contributed by atoms with van der Waals surface area (Å²) in [6, 6.07) is 6.22. The maximum Gasteiger partial charge on any atom is 0.130 e. The van der Waals surface area contributed by atoms with E-state index in [-0.39, 0.29) is 0 Å². The minimum atomic E-state index is 0.923. The van der Waals surface area contributed by atoms with Gasteiger partial charge < -0.3 is 10.2 Å². The van der Waals surface area contributed by atoms with Crippen molar-refractivity contribution < 1.29 is 0 Å². The first-order valence-electron chi connectivity index (χ1n) is 5.94. The van der Waals surface area contributed by atoms with E-state index in [4.69, 9.17) is 0 Å². The predicted molar refractivity (Wildman–Crippen MR) is 72.6 cm³/mol. The number of nitrogens with zero attached hydrogens (tertiary/aromatic N) is 2. The molecule has 0 bridgehead atoms. The molecule has 0 atom stereocenters. The van der Waals surface area contributed by atoms with E-state index in [0.29, 0.717) is 0 Å². The largest absolute Gasteiger partial charge is 0.370 e. The minimum absolute atomic E-state index is 0.923. The van der Waals surface area contributed by atoms with Crippen LogP contribution >= 0.6 is 11.8 Å². The third-order valence-corrected chi connectivity index (χ3v) is 3.69. The molecule has 2 rings (SSSR count). The van der Waals surface area contributed by atoms with E-state index >= 15 is 0 Å². The molecule has 1 saturated heterocycles. The molecule has 1 N–H and O–H groups in total. The Hall–Kier alpha value is -0.900. The van der Waals surface area contributed by atoms with Gasteiger partial charge in [0.25, 0.3) is 0 Å². The second-order valence-electron chi connectivity index (χ2n) is 3.86. The number of pyridine rings is 1. The van der Waals surface area contributed by atoms with Gasteiger partial charge in [0, 0.05) is 25.4 Å². The molecular weight excluding hydrogens is 218 g/mol. The highest BCUT2D eigenvalue weighted by Crippen LogP contribution is 2.18. The van der Waals surface area contributed by atoms with E-state index < -0.39 is 0 Å². The summed E-state index contributed by atoms with van der Waals surface area (Å²) in [5.41, 5.74) is 0. The van der Waals surface area contributed by atoms with Gasteiger partial charge in [0.05, 0.1) is 0 Å². The Kier molecular flexibility index (Phi) is 4.34. The van der Waals surface area contributed by atoms with Gasteiger partial charge in [0.2, 0.25) is 0 Å². The second-order valence-corrected chi connectivity index (χ2v) is 5.09. The highest BCUT2D eigenvalue weighted by Gasteiger charge is 2.11. The van der Waals surface area contributed by atoms with Crippen molar-refractivity contribution in [2.45, 2.75) is 13.3 Å². The van der Waals surface area contributed by atoms with Crippen LogP contribution in [-0.2, 0) is 0 Å². The maximum atomic E-state index is 4.63. The summed E-state index contributed by atoms with van der Waals surface area (Å²) < 4.78 is 0. The van der Waals surface area contributed by atoms with Crippen LogP contribution in [-0.4, -0.2) is 36.1 Å². The smallest absolute Gasteiger partial charge is 0.130 e. The zero-order valence-electron chi connectivity index (χ0n) is 9.78. The van der Waals surface area contributed by atoms with Gasteiger partial charge in [-0.05, 0) is 31.2 Å². The van der Waals surface area contributed by atoms with Crippen molar-refractivity contribution in [3.05, 3.63) is 18.2 Å². The van der Waals surface area contributed by atoms with E-state index in [2.05, 4.69) is 34.3 Å². The Morgan fingerprint density at radius 1 is 1.38 bits per heavy atom. The number of rotatable bonds is 3. The molecule has 0 saturated carbocycles. The van der Waals surface area contributed by atoms with Gasteiger partial charge in [0.15, 0.2) is 0 Å². The van der Waals surface area contributed by atoms with Crippen LogP contribution in [0.3, 0.4) is 0 Å². The van der Waals surface area contributed by atoms with Crippen LogP contribution in [0.1, 0.15) is 13.3 Å². The third kappa shape index (κ3) is 3.04. The number of thioether (sulfide) groups is 1. The normalized spacial score (nSPS) is 16.9. The molecule has 0 amide bonds. The Balaban J connectivity index is 2.08. The van der Waals surface area contributed by atoms with Crippen molar-refractivity contribution in [3.8, 4) is 0 Å². The Morgan fingerprint density at radius 2 is 2.31 bits per heavy atom. The third-order valence-electron chi connectivity index (χ3n) is 2.64. The van der Waals surface area contributed by atoms with E-state index in [1.54, 1.807) is 0 Å². The van der Waals surface area contributed by atoms with Gasteiger partial charge in [-0.25, -0.2) is 4.98 Å². The standard InChI is InChI=1S/C12H19N3S/c1-2-13-11-5-3-6-12(14-11)15-7-4-9-16-10-8-15/h3,5-6H,2,4,7-10H2,1H3,(H,13,14). The lowest BCUT2D eigenvalue weighted by Gasteiger charge is -2.21. The number of hydrogen-bond donors (Lipinski definition) is 1. The molecule has 3 nitrogen and oxygen atoms in total. The molecule has 2 heterocycles. The summed E-state index contributed by atoms with van der Waals surface area (Å²) in [5, 5.41) is 3.26. The first-order valence-corrected chi connectivity index (χ1v) is 7.09. The van der Waals surface area contributed by atoms with Crippen molar-refractivity contribution in [3.63, 3.8) is 0 Å². The second kappa shape index (κ2) is 5.99. The van der Waals surface area contributed by atoms with E-state index in [1.807, 2.05) is 17.8 Å². The zero-order valence-corrected chi connectivity index (χ0v) is 10.6. The molecule has 1 aromatic heterocycles. The summed E-state index contributed by atoms with van der Waals surface area (Å²) in [7, 11) is 0. The fourth-order valence-corrected chi connectivity index (χ4v) is 2.74. The molecule has 4 heteroatoms. The van der Waals surface area contributed by atoms with Gasteiger partial charge in [-0.3, -0.25) is 0 Å². The molecule has 1 aromatic rings. The SMILES string of the molecule is CCNc1cccc(N2CCCSCC2)n1. The Labute approximate surface area is 102 Å². The molecule has 0 spiro atoms. The van der Waals surface area contributed by atoms with Crippen LogP contribution in [0.2, 0.25) is 0 Å². The van der Waals surface area contributed by atoms with Crippen LogP contribution in [0, 0.1) is 0 Å². The molecule has 0 aliphatic carbocycles. The lowest BCUT2D eigenvalue weighted by Crippen LogP contribution is -2.26. The number of anilines is 2. The summed E-state index contributed by atoms with van der Waals surface area (Å²) in [5.74, 6) is 4.59. The molecule has 16 heavy (non-hydrogen) atoms. The van der Waals surface area contributed by atoms with Gasteiger partial charge in [-0.1, -0.05) is 6.07 Å². The van der Waals surface area contributed by atoms with Gasteiger partial charge in [0.1, 0.15) is 11.6 Å². The van der Waals surface area contributed by atoms with Gasteiger partial charge >= 0.3 is 0 Å². The fraction of sp³-hybridized carbons (Fsp3) is 0.583. The Bertz CT molecular complexity index is 322. The highest BCUT2D eigenvalue weighted by molar-refractivity contribution is 7.99. The summed E-state index contributed by atoms with van der Waals surface area (Å²) in [6.45, 7) is 5.27. The van der Waals surface area contributed by atoms with Crippen molar-refractivity contribution in [1.82, 2.24) is 4.98 Å². The van der Waals surface area contributed by atoms with E-state index in [0.717, 1.165) is 31.3 Å². The first kappa shape index (κ1) is 11.6. The molecule has 1 fully saturated rings. The van der Waals surface area contributed by atoms with Crippen molar-refractivity contribution in [2.24, 2.45) is 0 Å². The first-order chi connectivity index (χ1) is 7.90. The maximum absolute atomic E-state index is 4.63. The molecule has 1 aliphatic heterocycles. The van der Waals surface area contributed by atoms with E-state index in [9.17, 15) is 0 Å². The van der Waals surface area contributed by atoms with Crippen LogP contribution in [0.5, 0.6) is 0 Å². The Morgan fingerprint density at radius 3 is 3.19 bits per heavy atom. The molecule has 0 aromatic carbocycles. The summed E-state index contributed by atoms with van der Waals surface area (Å²) in [4.78, 5) is 7.02. The minimum Gasteiger partial charge on any atom is -0.370 e. The van der Waals surface area contributed by atoms with Crippen molar-refractivity contribution in [1.29, 1.82) is 0 Å². The van der Waals surface area contributed by atoms with Gasteiger partial charge in [-0.2, -0.15) is 11.8 Å². The quantitative estimate of drug-likeness (QED) is 0.874. The topological polar surface area (TPSA) is 28.2 Å². The van der Waals surface area contributed by atoms with Crippen LogP contribution in [0.4, 0.5) is 11.6 Å². The monoisotopic (exact) mass is 237 g/mol. The molecule has 1 aliphatic rings. The zero-order chi connectivity index (χ0) is 11.2. The van der Waals surface area contributed by atoms with Crippen molar-refractivity contribution >= 4 is 23.4 Å². The van der Waals surface area contributed by atoms with Crippen molar-refractivity contribution in [2.75, 3.05) is 41.4 Å².